The molecule has 1 atom stereocenters. The Morgan fingerprint density at radius 3 is 2.62 bits per heavy atom. The van der Waals surface area contributed by atoms with E-state index in [4.69, 9.17) is 4.42 Å². The van der Waals surface area contributed by atoms with Crippen LogP contribution in [0.25, 0.3) is 27.7 Å². The number of para-hydroxylation sites is 2. The summed E-state index contributed by atoms with van der Waals surface area (Å²) in [5.41, 5.74) is 3.00. The van der Waals surface area contributed by atoms with Crippen LogP contribution in [-0.4, -0.2) is 19.7 Å². The molecule has 0 aliphatic carbocycles. The van der Waals surface area contributed by atoms with Crippen molar-refractivity contribution < 1.29 is 4.42 Å². The molecule has 2 N–H and O–H groups in total. The Morgan fingerprint density at radius 2 is 1.83 bits per heavy atom. The van der Waals surface area contributed by atoms with Crippen LogP contribution in [0.4, 0.5) is 5.95 Å². The molecular formula is C22H19N5O2. The molecule has 0 saturated heterocycles. The Hall–Kier alpha value is -3.87. The highest BCUT2D eigenvalue weighted by Crippen LogP contribution is 2.30. The van der Waals surface area contributed by atoms with Gasteiger partial charge in [0.25, 0.3) is 5.56 Å². The van der Waals surface area contributed by atoms with Crippen LogP contribution in [0.5, 0.6) is 0 Å². The Kier molecular flexibility index (Phi) is 3.94. The van der Waals surface area contributed by atoms with E-state index in [2.05, 4.69) is 20.4 Å². The molecule has 0 saturated carbocycles. The first kappa shape index (κ1) is 17.2. The molecule has 3 aromatic heterocycles. The fraction of sp³-hybridized carbons (Fsp3) is 0.136. The van der Waals surface area contributed by atoms with Gasteiger partial charge < -0.3 is 9.73 Å². The van der Waals surface area contributed by atoms with E-state index in [0.717, 1.165) is 28.0 Å². The van der Waals surface area contributed by atoms with Gasteiger partial charge in [-0.25, -0.2) is 4.68 Å². The van der Waals surface area contributed by atoms with Crippen molar-refractivity contribution >= 4 is 28.0 Å². The molecule has 0 spiro atoms. The fourth-order valence-corrected chi connectivity index (χ4v) is 3.62. The molecular weight excluding hydrogens is 366 g/mol. The quantitative estimate of drug-likeness (QED) is 0.480. The number of aromatic nitrogens is 4. The Labute approximate surface area is 166 Å². The van der Waals surface area contributed by atoms with Crippen molar-refractivity contribution in [1.82, 2.24) is 19.7 Å². The normalized spacial score (nSPS) is 12.5. The average Bonchev–Trinajstić information content (AvgIpc) is 3.31. The maximum absolute atomic E-state index is 12.6. The van der Waals surface area contributed by atoms with Gasteiger partial charge in [-0.1, -0.05) is 36.4 Å². The van der Waals surface area contributed by atoms with Gasteiger partial charge in [0.2, 0.25) is 5.95 Å². The van der Waals surface area contributed by atoms with Gasteiger partial charge in [-0.3, -0.25) is 9.78 Å². The van der Waals surface area contributed by atoms with E-state index in [0.29, 0.717) is 17.0 Å². The predicted octanol–water partition coefficient (Wildman–Crippen LogP) is 4.34. The number of aromatic amines is 1. The standard InChI is InChI=1S/C22H19N5O2/c1-13-16-10-6-7-11-18(16)29-19(13)14(2)24-22-25-20-17(21(28)26-22)12-23-27(20)15-8-4-3-5-9-15/h3-12,14H,1-2H3,(H2,24,25,26,28). The zero-order valence-corrected chi connectivity index (χ0v) is 16.0. The van der Waals surface area contributed by atoms with Crippen LogP contribution in [0.3, 0.4) is 0 Å². The monoisotopic (exact) mass is 385 g/mol. The number of H-pyrrole nitrogens is 1. The molecule has 1 unspecified atom stereocenters. The molecule has 5 aromatic rings. The number of anilines is 1. The SMILES string of the molecule is Cc1c(C(C)Nc2nc3c(cnn3-c3ccccc3)c(=O)[nH]2)oc2ccccc12. The van der Waals surface area contributed by atoms with Gasteiger partial charge in [-0.05, 0) is 32.0 Å². The van der Waals surface area contributed by atoms with Crippen molar-refractivity contribution in [1.29, 1.82) is 0 Å². The molecule has 0 bridgehead atoms. The minimum atomic E-state index is -0.242. The second-order valence-corrected chi connectivity index (χ2v) is 7.00. The molecule has 7 nitrogen and oxygen atoms in total. The van der Waals surface area contributed by atoms with E-state index >= 15 is 0 Å². The van der Waals surface area contributed by atoms with Gasteiger partial charge in [0, 0.05) is 10.9 Å². The van der Waals surface area contributed by atoms with Gasteiger partial charge in [0.15, 0.2) is 5.65 Å². The summed E-state index contributed by atoms with van der Waals surface area (Å²) in [6.45, 7) is 4.01. The lowest BCUT2D eigenvalue weighted by molar-refractivity contribution is 0.521. The topological polar surface area (TPSA) is 88.7 Å². The highest BCUT2D eigenvalue weighted by atomic mass is 16.3. The van der Waals surface area contributed by atoms with Crippen molar-refractivity contribution in [3.63, 3.8) is 0 Å². The second-order valence-electron chi connectivity index (χ2n) is 7.00. The van der Waals surface area contributed by atoms with E-state index in [-0.39, 0.29) is 11.6 Å². The molecule has 0 radical (unpaired) electrons. The summed E-state index contributed by atoms with van der Waals surface area (Å²) < 4.78 is 7.69. The third kappa shape index (κ3) is 2.87. The maximum atomic E-state index is 12.6. The molecule has 29 heavy (non-hydrogen) atoms. The lowest BCUT2D eigenvalue weighted by Crippen LogP contribution is -2.16. The largest absolute Gasteiger partial charge is 0.459 e. The second kappa shape index (κ2) is 6.63. The summed E-state index contributed by atoms with van der Waals surface area (Å²) >= 11 is 0. The van der Waals surface area contributed by atoms with Crippen molar-refractivity contribution in [2.75, 3.05) is 5.32 Å². The first-order valence-electron chi connectivity index (χ1n) is 9.40. The summed E-state index contributed by atoms with van der Waals surface area (Å²) in [5, 5.41) is 9.11. The van der Waals surface area contributed by atoms with Crippen LogP contribution < -0.4 is 10.9 Å². The zero-order chi connectivity index (χ0) is 20.0. The summed E-state index contributed by atoms with van der Waals surface area (Å²) in [6.07, 6.45) is 1.53. The molecule has 0 amide bonds. The fourth-order valence-electron chi connectivity index (χ4n) is 3.62. The number of aryl methyl sites for hydroxylation is 1. The number of nitrogens with one attached hydrogen (secondary N) is 2. The zero-order valence-electron chi connectivity index (χ0n) is 16.0. The van der Waals surface area contributed by atoms with Crippen LogP contribution in [0.2, 0.25) is 0 Å². The number of nitrogens with zero attached hydrogens (tertiary/aromatic N) is 3. The number of fused-ring (bicyclic) bond motifs is 2. The van der Waals surface area contributed by atoms with Gasteiger partial charge in [0.1, 0.15) is 16.7 Å². The lowest BCUT2D eigenvalue weighted by Gasteiger charge is -2.13. The summed E-state index contributed by atoms with van der Waals surface area (Å²) in [4.78, 5) is 20.0. The van der Waals surface area contributed by atoms with Crippen LogP contribution >= 0.6 is 0 Å². The third-order valence-corrected chi connectivity index (χ3v) is 5.07. The van der Waals surface area contributed by atoms with Crippen molar-refractivity contribution in [3.05, 3.63) is 82.5 Å². The summed E-state index contributed by atoms with van der Waals surface area (Å²) in [5.74, 6) is 1.18. The highest BCUT2D eigenvalue weighted by Gasteiger charge is 2.18. The number of benzene rings is 2. The lowest BCUT2D eigenvalue weighted by atomic mass is 10.1. The minimum Gasteiger partial charge on any atom is -0.459 e. The van der Waals surface area contributed by atoms with Gasteiger partial charge >= 0.3 is 0 Å². The number of hydrogen-bond donors (Lipinski definition) is 2. The molecule has 0 fully saturated rings. The maximum Gasteiger partial charge on any atom is 0.263 e. The first-order chi connectivity index (χ1) is 14.1. The van der Waals surface area contributed by atoms with Crippen LogP contribution in [0.15, 0.2) is 70.0 Å². The van der Waals surface area contributed by atoms with Crippen LogP contribution in [0.1, 0.15) is 24.3 Å². The molecule has 0 aliphatic heterocycles. The van der Waals surface area contributed by atoms with Crippen molar-refractivity contribution in [3.8, 4) is 5.69 Å². The molecule has 3 heterocycles. The number of hydrogen-bond acceptors (Lipinski definition) is 5. The number of furan rings is 1. The van der Waals surface area contributed by atoms with Crippen LogP contribution in [-0.2, 0) is 0 Å². The van der Waals surface area contributed by atoms with E-state index < -0.39 is 0 Å². The number of rotatable bonds is 4. The van der Waals surface area contributed by atoms with Crippen LogP contribution in [0, 0.1) is 6.92 Å². The van der Waals surface area contributed by atoms with E-state index in [1.54, 1.807) is 4.68 Å². The van der Waals surface area contributed by atoms with Gasteiger partial charge in [-0.2, -0.15) is 10.1 Å². The summed E-state index contributed by atoms with van der Waals surface area (Å²) in [7, 11) is 0. The first-order valence-corrected chi connectivity index (χ1v) is 9.40. The molecule has 2 aromatic carbocycles. The predicted molar refractivity (Wildman–Crippen MR) is 112 cm³/mol. The Balaban J connectivity index is 1.55. The molecule has 0 aliphatic rings. The van der Waals surface area contributed by atoms with E-state index in [1.807, 2.05) is 68.4 Å². The van der Waals surface area contributed by atoms with E-state index in [1.165, 1.54) is 6.20 Å². The van der Waals surface area contributed by atoms with Crippen molar-refractivity contribution in [2.24, 2.45) is 0 Å². The van der Waals surface area contributed by atoms with Crippen molar-refractivity contribution in [2.45, 2.75) is 19.9 Å². The third-order valence-electron chi connectivity index (χ3n) is 5.07. The molecule has 144 valence electrons. The smallest absolute Gasteiger partial charge is 0.263 e. The highest BCUT2D eigenvalue weighted by molar-refractivity contribution is 5.82. The van der Waals surface area contributed by atoms with E-state index in [9.17, 15) is 4.79 Å². The molecule has 5 rings (SSSR count). The van der Waals surface area contributed by atoms with Gasteiger partial charge in [0.05, 0.1) is 17.9 Å². The summed E-state index contributed by atoms with van der Waals surface area (Å²) in [6, 6.07) is 17.3. The van der Waals surface area contributed by atoms with Gasteiger partial charge in [-0.15, -0.1) is 0 Å². The minimum absolute atomic E-state index is 0.184. The Bertz CT molecular complexity index is 1380. The molecule has 7 heteroatoms. The Morgan fingerprint density at radius 1 is 1.07 bits per heavy atom. The average molecular weight is 385 g/mol.